The summed E-state index contributed by atoms with van der Waals surface area (Å²) in [4.78, 5) is 42.7. The first-order valence-corrected chi connectivity index (χ1v) is 23.8. The van der Waals surface area contributed by atoms with Crippen LogP contribution < -0.4 is 15.5 Å². The van der Waals surface area contributed by atoms with Gasteiger partial charge in [0.15, 0.2) is 5.82 Å². The molecule has 0 spiro atoms. The van der Waals surface area contributed by atoms with Crippen LogP contribution in [0.2, 0.25) is 0 Å². The third-order valence-electron chi connectivity index (χ3n) is 13.7. The maximum atomic E-state index is 14.3. The molecule has 0 bridgehead atoms. The number of aromatic nitrogens is 4. The number of hydrogen-bond donors (Lipinski definition) is 4. The molecule has 338 valence electrons. The van der Waals surface area contributed by atoms with Gasteiger partial charge >= 0.3 is 0 Å². The number of aliphatic hydroxyl groups is 1. The molecule has 2 aromatic carbocycles. The van der Waals surface area contributed by atoms with Gasteiger partial charge in [0.05, 0.1) is 51.3 Å². The maximum absolute atomic E-state index is 14.3. The number of phenols is 1. The average molecular weight is 889 g/mol. The van der Waals surface area contributed by atoms with Crippen molar-refractivity contribution >= 4 is 34.7 Å². The van der Waals surface area contributed by atoms with Crippen LogP contribution in [0.5, 0.6) is 5.75 Å². The number of benzene rings is 2. The monoisotopic (exact) mass is 888 g/mol. The van der Waals surface area contributed by atoms with Crippen LogP contribution in [-0.4, -0.2) is 134 Å². The van der Waals surface area contributed by atoms with E-state index in [1.807, 2.05) is 81.7 Å². The topological polar surface area (TPSA) is 176 Å². The van der Waals surface area contributed by atoms with Crippen LogP contribution in [0, 0.1) is 12.8 Å². The number of nitrogens with zero attached hydrogens (tertiary/aromatic N) is 8. The Bertz CT molecular complexity index is 2420. The van der Waals surface area contributed by atoms with E-state index in [2.05, 4.69) is 51.7 Å². The molecule has 7 heterocycles. The highest BCUT2D eigenvalue weighted by Crippen LogP contribution is 2.37. The van der Waals surface area contributed by atoms with Gasteiger partial charge in [0.1, 0.15) is 23.5 Å². The van der Waals surface area contributed by atoms with E-state index in [-0.39, 0.29) is 42.5 Å². The van der Waals surface area contributed by atoms with E-state index in [1.54, 1.807) is 17.4 Å². The number of aromatic hydroxyl groups is 1. The Hall–Kier alpha value is -5.42. The quantitative estimate of drug-likeness (QED) is 0.111. The van der Waals surface area contributed by atoms with E-state index in [1.165, 1.54) is 4.90 Å². The first-order valence-electron chi connectivity index (χ1n) is 22.9. The standard InChI is InChI=1S/C48H60N10O5S/c1-29(2)44(48(62)58-27-37(59)23-41(58)47(61)51-30(3)32-11-13-33(14-12-32)45-31(4)50-28-64-45)43-22-34(54-63-43)8-7-17-55-18-15-35(16-19-55)56-20-21-57-36(26-56)25-49-46-40(57)24-39(52-53-46)38-9-5-6-10-42(38)60/h5-6,9-14,22,24,28-30,35-37,41,44,59-60H,7-8,15-21,23,25-27H2,1-4H3,(H,49,53)(H,51,61)/t30-,36-,37+,41-,44?/m0/s1. The number of piperazine rings is 1. The minimum Gasteiger partial charge on any atom is -0.507 e. The number of amides is 2. The highest BCUT2D eigenvalue weighted by atomic mass is 32.1. The van der Waals surface area contributed by atoms with E-state index >= 15 is 0 Å². The molecule has 3 saturated heterocycles. The number of hydrogen-bond acceptors (Lipinski definition) is 14. The number of rotatable bonds is 13. The molecule has 4 aliphatic rings. The van der Waals surface area contributed by atoms with Crippen LogP contribution in [0.25, 0.3) is 21.7 Å². The zero-order valence-electron chi connectivity index (χ0n) is 37.2. The highest BCUT2D eigenvalue weighted by molar-refractivity contribution is 7.13. The minimum atomic E-state index is -0.792. The molecule has 5 aromatic rings. The molecule has 2 amide bonds. The van der Waals surface area contributed by atoms with Crippen molar-refractivity contribution in [1.29, 1.82) is 0 Å². The van der Waals surface area contributed by atoms with Crippen LogP contribution in [0.3, 0.4) is 0 Å². The fourth-order valence-electron chi connectivity index (χ4n) is 10.2. The number of phenolic OH excluding ortho intramolecular Hbond substituents is 1. The molecule has 0 aliphatic carbocycles. The summed E-state index contributed by atoms with van der Waals surface area (Å²) in [6.07, 6.45) is 3.33. The van der Waals surface area contributed by atoms with Crippen LogP contribution in [0.1, 0.15) is 81.1 Å². The predicted molar refractivity (Wildman–Crippen MR) is 247 cm³/mol. The first-order chi connectivity index (χ1) is 31.0. The largest absolute Gasteiger partial charge is 0.507 e. The predicted octanol–water partition coefficient (Wildman–Crippen LogP) is 5.86. The van der Waals surface area contributed by atoms with E-state index < -0.39 is 18.1 Å². The fraction of sp³-hybridized carbons (Fsp3) is 0.500. The third kappa shape index (κ3) is 9.23. The van der Waals surface area contributed by atoms with E-state index in [9.17, 15) is 19.8 Å². The Kier molecular flexibility index (Phi) is 13.0. The number of thiazole rings is 1. The second-order valence-corrected chi connectivity index (χ2v) is 19.2. The van der Waals surface area contributed by atoms with Crippen LogP contribution in [-0.2, 0) is 16.0 Å². The molecular weight excluding hydrogens is 829 g/mol. The van der Waals surface area contributed by atoms with Crippen molar-refractivity contribution < 1.29 is 24.3 Å². The smallest absolute Gasteiger partial charge is 0.243 e. The zero-order chi connectivity index (χ0) is 44.5. The number of carbonyl (C=O) groups excluding carboxylic acids is 2. The summed E-state index contributed by atoms with van der Waals surface area (Å²) in [5, 5.41) is 41.0. The third-order valence-corrected chi connectivity index (χ3v) is 14.7. The summed E-state index contributed by atoms with van der Waals surface area (Å²) in [5.74, 6) is 0.260. The number of aliphatic hydroxyl groups excluding tert-OH is 1. The van der Waals surface area contributed by atoms with E-state index in [4.69, 9.17) is 4.52 Å². The summed E-state index contributed by atoms with van der Waals surface area (Å²) in [7, 11) is 0. The Morgan fingerprint density at radius 3 is 2.53 bits per heavy atom. The van der Waals surface area contributed by atoms with Crippen molar-refractivity contribution in [3.8, 4) is 27.4 Å². The second-order valence-electron chi connectivity index (χ2n) is 18.3. The Morgan fingerprint density at radius 2 is 1.78 bits per heavy atom. The summed E-state index contributed by atoms with van der Waals surface area (Å²) in [6, 6.07) is 19.1. The van der Waals surface area contributed by atoms with Gasteiger partial charge in [0.2, 0.25) is 11.8 Å². The van der Waals surface area contributed by atoms with E-state index in [0.717, 1.165) is 110 Å². The van der Waals surface area contributed by atoms with Gasteiger partial charge in [0.25, 0.3) is 0 Å². The summed E-state index contributed by atoms with van der Waals surface area (Å²) in [5.41, 5.74) is 8.10. The average Bonchev–Trinajstić information content (AvgIpc) is 4.06. The molecule has 1 unspecified atom stereocenters. The fourth-order valence-corrected chi connectivity index (χ4v) is 11.0. The molecule has 4 aliphatic heterocycles. The maximum Gasteiger partial charge on any atom is 0.243 e. The number of anilines is 2. The van der Waals surface area contributed by atoms with Gasteiger partial charge in [-0.1, -0.05) is 55.4 Å². The number of fused-ring (bicyclic) bond motifs is 3. The SMILES string of the molecule is Cc1ncsc1-c1ccc([C@H](C)NC(=O)[C@@H]2C[C@@H](O)CN2C(=O)C(c2cc(CCCN3CCC(N4CCN5c6cc(-c7ccccc7O)nnc6NC[C@H]5C4)CC3)no2)C(C)C)cc1. The lowest BCUT2D eigenvalue weighted by Gasteiger charge is -2.49. The van der Waals surface area contributed by atoms with Crippen molar-refractivity contribution in [1.82, 2.24) is 40.4 Å². The number of para-hydroxylation sites is 1. The molecule has 15 nitrogen and oxygen atoms in total. The van der Waals surface area contributed by atoms with Gasteiger partial charge in [-0.3, -0.25) is 14.5 Å². The molecule has 9 rings (SSSR count). The molecule has 4 N–H and O–H groups in total. The zero-order valence-corrected chi connectivity index (χ0v) is 38.0. The number of nitrogens with one attached hydrogen (secondary N) is 2. The second kappa shape index (κ2) is 19.0. The highest BCUT2D eigenvalue weighted by Gasteiger charge is 2.44. The van der Waals surface area contributed by atoms with Gasteiger partial charge in [-0.15, -0.1) is 21.5 Å². The van der Waals surface area contributed by atoms with Crippen LogP contribution >= 0.6 is 11.3 Å². The Balaban J connectivity index is 0.742. The van der Waals surface area contributed by atoms with Crippen molar-refractivity contribution in [2.45, 2.75) is 96.0 Å². The lowest BCUT2D eigenvalue weighted by atomic mass is 9.91. The van der Waals surface area contributed by atoms with Gasteiger partial charge < -0.3 is 40.1 Å². The Morgan fingerprint density at radius 1 is 0.984 bits per heavy atom. The molecular formula is C48H60N10O5S. The molecule has 0 saturated carbocycles. The summed E-state index contributed by atoms with van der Waals surface area (Å²) >= 11 is 1.60. The molecule has 16 heteroatoms. The number of likely N-dealkylation sites (tertiary alicyclic amines) is 2. The van der Waals surface area contributed by atoms with Crippen molar-refractivity contribution in [3.63, 3.8) is 0 Å². The Labute approximate surface area is 378 Å². The van der Waals surface area contributed by atoms with Gasteiger partial charge in [-0.2, -0.15) is 0 Å². The van der Waals surface area contributed by atoms with E-state index in [0.29, 0.717) is 29.1 Å². The molecule has 5 atom stereocenters. The lowest BCUT2D eigenvalue weighted by molar-refractivity contribution is -0.141. The normalized spacial score (nSPS) is 21.6. The molecule has 0 radical (unpaired) electrons. The van der Waals surface area contributed by atoms with Crippen LogP contribution in [0.15, 0.2) is 70.7 Å². The number of piperidine rings is 1. The molecule has 3 fully saturated rings. The van der Waals surface area contributed by atoms with Crippen molar-refractivity contribution in [3.05, 3.63) is 88.9 Å². The summed E-state index contributed by atoms with van der Waals surface area (Å²) < 4.78 is 5.86. The van der Waals surface area contributed by atoms with Gasteiger partial charge in [-0.25, -0.2) is 4.98 Å². The van der Waals surface area contributed by atoms with Gasteiger partial charge in [0, 0.05) is 56.8 Å². The number of β-amino-alcohol motifs (C(OH)–C–C–N with tert-alkyl or cyclic N) is 1. The van der Waals surface area contributed by atoms with Crippen molar-refractivity contribution in [2.24, 2.45) is 5.92 Å². The lowest BCUT2D eigenvalue weighted by Crippen LogP contribution is -2.60. The first kappa shape index (κ1) is 43.8. The molecule has 64 heavy (non-hydrogen) atoms. The number of aryl methyl sites for hydroxylation is 2. The summed E-state index contributed by atoms with van der Waals surface area (Å²) in [6.45, 7) is 14.8. The van der Waals surface area contributed by atoms with Gasteiger partial charge in [-0.05, 0) is 94.4 Å². The minimum absolute atomic E-state index is 0.0932. The van der Waals surface area contributed by atoms with Crippen molar-refractivity contribution in [2.75, 3.05) is 62.6 Å². The number of carbonyl (C=O) groups is 2. The molecule has 3 aromatic heterocycles. The van der Waals surface area contributed by atoms with Crippen LogP contribution in [0.4, 0.5) is 11.5 Å².